The summed E-state index contributed by atoms with van der Waals surface area (Å²) in [4.78, 5) is 11.8. The lowest BCUT2D eigenvalue weighted by atomic mass is 10.1. The first-order valence-corrected chi connectivity index (χ1v) is 7.32. The highest BCUT2D eigenvalue weighted by Crippen LogP contribution is 2.05. The second-order valence-corrected chi connectivity index (χ2v) is 5.22. The van der Waals surface area contributed by atoms with Crippen molar-refractivity contribution in [1.29, 1.82) is 5.26 Å². The van der Waals surface area contributed by atoms with Crippen molar-refractivity contribution < 1.29 is 4.79 Å². The average molecular weight is 262 g/mol. The summed E-state index contributed by atoms with van der Waals surface area (Å²) in [5, 5.41) is 11.7. The van der Waals surface area contributed by atoms with Gasteiger partial charge in [-0.05, 0) is 43.0 Å². The number of nitrogens with one attached hydrogen (secondary N) is 1. The SMILES string of the molecule is CSCCC(C)NC(=O)Cc1ccc(C#N)cc1. The molecule has 1 aromatic rings. The molecule has 0 saturated carbocycles. The molecule has 0 aliphatic carbocycles. The third-order valence-electron chi connectivity index (χ3n) is 2.61. The number of nitriles is 1. The molecular formula is C14H18N2OS. The Kier molecular flexibility index (Phi) is 6.31. The van der Waals surface area contributed by atoms with Gasteiger partial charge in [-0.15, -0.1) is 0 Å². The maximum Gasteiger partial charge on any atom is 0.224 e. The molecule has 0 aliphatic heterocycles. The van der Waals surface area contributed by atoms with Crippen molar-refractivity contribution in [3.63, 3.8) is 0 Å². The Morgan fingerprint density at radius 3 is 2.67 bits per heavy atom. The van der Waals surface area contributed by atoms with E-state index in [1.807, 2.05) is 19.1 Å². The summed E-state index contributed by atoms with van der Waals surface area (Å²) >= 11 is 1.78. The molecule has 0 radical (unpaired) electrons. The lowest BCUT2D eigenvalue weighted by molar-refractivity contribution is -0.121. The molecule has 1 atom stereocenters. The molecule has 0 aromatic heterocycles. The largest absolute Gasteiger partial charge is 0.353 e. The Morgan fingerprint density at radius 1 is 1.44 bits per heavy atom. The maximum absolute atomic E-state index is 11.8. The van der Waals surface area contributed by atoms with Gasteiger partial charge in [0.2, 0.25) is 5.91 Å². The van der Waals surface area contributed by atoms with E-state index in [0.717, 1.165) is 17.7 Å². The first-order chi connectivity index (χ1) is 8.65. The van der Waals surface area contributed by atoms with Crippen LogP contribution in [0.1, 0.15) is 24.5 Å². The van der Waals surface area contributed by atoms with Crippen LogP contribution in [0, 0.1) is 11.3 Å². The zero-order valence-corrected chi connectivity index (χ0v) is 11.6. The molecule has 1 aromatic carbocycles. The van der Waals surface area contributed by atoms with Gasteiger partial charge in [0.25, 0.3) is 0 Å². The van der Waals surface area contributed by atoms with Crippen molar-refractivity contribution in [2.75, 3.05) is 12.0 Å². The third kappa shape index (κ3) is 5.24. The monoisotopic (exact) mass is 262 g/mol. The first-order valence-electron chi connectivity index (χ1n) is 5.93. The molecule has 0 fully saturated rings. The Bertz CT molecular complexity index is 422. The Hall–Kier alpha value is -1.47. The number of carbonyl (C=O) groups is 1. The van der Waals surface area contributed by atoms with E-state index in [2.05, 4.69) is 17.6 Å². The molecule has 4 heteroatoms. The molecule has 1 amide bonds. The van der Waals surface area contributed by atoms with Crippen LogP contribution in [0.25, 0.3) is 0 Å². The quantitative estimate of drug-likeness (QED) is 0.856. The van der Waals surface area contributed by atoms with Crippen LogP contribution in [0.4, 0.5) is 0 Å². The van der Waals surface area contributed by atoms with E-state index in [1.165, 1.54) is 0 Å². The van der Waals surface area contributed by atoms with E-state index in [9.17, 15) is 4.79 Å². The highest BCUT2D eigenvalue weighted by Gasteiger charge is 2.07. The summed E-state index contributed by atoms with van der Waals surface area (Å²) < 4.78 is 0. The fourth-order valence-electron chi connectivity index (χ4n) is 1.58. The fraction of sp³-hybridized carbons (Fsp3) is 0.429. The van der Waals surface area contributed by atoms with Gasteiger partial charge in [0.1, 0.15) is 0 Å². The van der Waals surface area contributed by atoms with Gasteiger partial charge in [-0.1, -0.05) is 12.1 Å². The van der Waals surface area contributed by atoms with E-state index in [-0.39, 0.29) is 11.9 Å². The van der Waals surface area contributed by atoms with Crippen LogP contribution in [0.15, 0.2) is 24.3 Å². The van der Waals surface area contributed by atoms with E-state index < -0.39 is 0 Å². The predicted molar refractivity (Wildman–Crippen MR) is 75.5 cm³/mol. The second kappa shape index (κ2) is 7.78. The average Bonchev–Trinajstić information content (AvgIpc) is 2.37. The number of thioether (sulfide) groups is 1. The van der Waals surface area contributed by atoms with Crippen molar-refractivity contribution >= 4 is 17.7 Å². The van der Waals surface area contributed by atoms with Gasteiger partial charge < -0.3 is 5.32 Å². The normalized spacial score (nSPS) is 11.6. The smallest absolute Gasteiger partial charge is 0.224 e. The van der Waals surface area contributed by atoms with Crippen LogP contribution in [0.3, 0.4) is 0 Å². The fourth-order valence-corrected chi connectivity index (χ4v) is 2.16. The third-order valence-corrected chi connectivity index (χ3v) is 3.25. The van der Waals surface area contributed by atoms with Gasteiger partial charge in [0.15, 0.2) is 0 Å². The molecule has 3 nitrogen and oxygen atoms in total. The van der Waals surface area contributed by atoms with Gasteiger partial charge in [-0.3, -0.25) is 4.79 Å². The van der Waals surface area contributed by atoms with Crippen LogP contribution in [0.2, 0.25) is 0 Å². The Balaban J connectivity index is 2.41. The number of hydrogen-bond donors (Lipinski definition) is 1. The zero-order chi connectivity index (χ0) is 13.4. The molecule has 0 bridgehead atoms. The summed E-state index contributed by atoms with van der Waals surface area (Å²) in [6, 6.07) is 9.39. The van der Waals surface area contributed by atoms with E-state index in [4.69, 9.17) is 5.26 Å². The number of hydrogen-bond acceptors (Lipinski definition) is 3. The number of nitrogens with zero attached hydrogens (tertiary/aromatic N) is 1. The van der Waals surface area contributed by atoms with E-state index in [1.54, 1.807) is 23.9 Å². The maximum atomic E-state index is 11.8. The van der Waals surface area contributed by atoms with Gasteiger partial charge in [-0.2, -0.15) is 17.0 Å². The highest BCUT2D eigenvalue weighted by molar-refractivity contribution is 7.98. The van der Waals surface area contributed by atoms with Crippen molar-refractivity contribution in [3.8, 4) is 6.07 Å². The molecular weight excluding hydrogens is 244 g/mol. The van der Waals surface area contributed by atoms with Crippen LogP contribution >= 0.6 is 11.8 Å². The molecule has 0 heterocycles. The van der Waals surface area contributed by atoms with Gasteiger partial charge >= 0.3 is 0 Å². The number of rotatable bonds is 6. The van der Waals surface area contributed by atoms with Crippen LogP contribution in [0.5, 0.6) is 0 Å². The Labute approximate surface area is 113 Å². The summed E-state index contributed by atoms with van der Waals surface area (Å²) in [6.45, 7) is 2.02. The van der Waals surface area contributed by atoms with Crippen molar-refractivity contribution in [3.05, 3.63) is 35.4 Å². The molecule has 1 rings (SSSR count). The van der Waals surface area contributed by atoms with E-state index in [0.29, 0.717) is 12.0 Å². The van der Waals surface area contributed by atoms with Crippen molar-refractivity contribution in [2.45, 2.75) is 25.8 Å². The molecule has 0 saturated heterocycles. The highest BCUT2D eigenvalue weighted by atomic mass is 32.2. The van der Waals surface area contributed by atoms with Crippen molar-refractivity contribution in [2.24, 2.45) is 0 Å². The van der Waals surface area contributed by atoms with Crippen LogP contribution in [-0.4, -0.2) is 24.0 Å². The van der Waals surface area contributed by atoms with Crippen molar-refractivity contribution in [1.82, 2.24) is 5.32 Å². The minimum absolute atomic E-state index is 0.0355. The van der Waals surface area contributed by atoms with Gasteiger partial charge in [-0.25, -0.2) is 0 Å². The molecule has 96 valence electrons. The first kappa shape index (κ1) is 14.6. The Morgan fingerprint density at radius 2 is 2.11 bits per heavy atom. The molecule has 18 heavy (non-hydrogen) atoms. The number of amides is 1. The molecule has 0 aliphatic rings. The van der Waals surface area contributed by atoms with Crippen LogP contribution in [-0.2, 0) is 11.2 Å². The van der Waals surface area contributed by atoms with Crippen LogP contribution < -0.4 is 5.32 Å². The predicted octanol–water partition coefficient (Wildman–Crippen LogP) is 2.36. The lowest BCUT2D eigenvalue weighted by Crippen LogP contribution is -2.34. The standard InChI is InChI=1S/C14H18N2OS/c1-11(7-8-18-2)16-14(17)9-12-3-5-13(10-15)6-4-12/h3-6,11H,7-9H2,1-2H3,(H,16,17). The number of benzene rings is 1. The lowest BCUT2D eigenvalue weighted by Gasteiger charge is -2.13. The summed E-state index contributed by atoms with van der Waals surface area (Å²) in [5.74, 6) is 1.09. The second-order valence-electron chi connectivity index (χ2n) is 4.24. The molecule has 0 spiro atoms. The number of carbonyl (C=O) groups excluding carboxylic acids is 1. The topological polar surface area (TPSA) is 52.9 Å². The summed E-state index contributed by atoms with van der Waals surface area (Å²) in [7, 11) is 0. The zero-order valence-electron chi connectivity index (χ0n) is 10.8. The summed E-state index contributed by atoms with van der Waals surface area (Å²) in [6.07, 6.45) is 3.42. The minimum Gasteiger partial charge on any atom is -0.353 e. The molecule has 1 N–H and O–H groups in total. The minimum atomic E-state index is 0.0355. The summed E-state index contributed by atoms with van der Waals surface area (Å²) in [5.41, 5.74) is 1.55. The molecule has 1 unspecified atom stereocenters. The van der Waals surface area contributed by atoms with Gasteiger partial charge in [0, 0.05) is 6.04 Å². The van der Waals surface area contributed by atoms with Gasteiger partial charge in [0.05, 0.1) is 18.1 Å². The van der Waals surface area contributed by atoms with E-state index >= 15 is 0 Å².